The fourth-order valence-electron chi connectivity index (χ4n) is 2.91. The summed E-state index contributed by atoms with van der Waals surface area (Å²) in [5, 5.41) is 11.2. The summed E-state index contributed by atoms with van der Waals surface area (Å²) in [6.07, 6.45) is 0. The van der Waals surface area contributed by atoms with Crippen molar-refractivity contribution in [2.75, 3.05) is 0 Å². The molecule has 0 N–H and O–H groups in total. The molecule has 6 heteroatoms. The Balaban J connectivity index is 1.76. The Hall–Kier alpha value is -2.27. The standard InChI is InChI=1S/C22H17Cl2N3S/c1-15-5-4-7-19(13-15)27-21(16-9-11-18(23)12-10-16)25-26-22(27)28-14-17-6-2-3-8-20(17)24/h2-13H,14H2,1H3. The smallest absolute Gasteiger partial charge is 0.196 e. The van der Waals surface area contributed by atoms with Gasteiger partial charge >= 0.3 is 0 Å². The second kappa shape index (κ2) is 8.39. The molecular formula is C22H17Cl2N3S. The summed E-state index contributed by atoms with van der Waals surface area (Å²) >= 11 is 14.0. The summed E-state index contributed by atoms with van der Waals surface area (Å²) in [6, 6.07) is 23.8. The van der Waals surface area contributed by atoms with Crippen molar-refractivity contribution >= 4 is 35.0 Å². The minimum Gasteiger partial charge on any atom is -0.270 e. The molecular weight excluding hydrogens is 409 g/mol. The quantitative estimate of drug-likeness (QED) is 0.327. The lowest BCUT2D eigenvalue weighted by Crippen LogP contribution is -2.00. The van der Waals surface area contributed by atoms with Crippen molar-refractivity contribution in [3.63, 3.8) is 0 Å². The van der Waals surface area contributed by atoms with Gasteiger partial charge in [-0.25, -0.2) is 0 Å². The monoisotopic (exact) mass is 425 g/mol. The number of hydrogen-bond acceptors (Lipinski definition) is 3. The molecule has 28 heavy (non-hydrogen) atoms. The Kier molecular flexibility index (Phi) is 5.72. The predicted octanol–water partition coefficient (Wildman–Crippen LogP) is 6.84. The molecule has 1 heterocycles. The SMILES string of the molecule is Cc1cccc(-n2c(SCc3ccccc3Cl)nnc2-c2ccc(Cl)cc2)c1. The topological polar surface area (TPSA) is 30.7 Å². The van der Waals surface area contributed by atoms with Crippen LogP contribution in [-0.2, 0) is 5.75 Å². The maximum atomic E-state index is 6.32. The van der Waals surface area contributed by atoms with E-state index in [1.165, 1.54) is 5.56 Å². The van der Waals surface area contributed by atoms with Gasteiger partial charge in [-0.1, -0.05) is 65.3 Å². The van der Waals surface area contributed by atoms with Crippen LogP contribution in [0.25, 0.3) is 17.1 Å². The van der Waals surface area contributed by atoms with Crippen molar-refractivity contribution in [3.05, 3.63) is 94.0 Å². The summed E-state index contributed by atoms with van der Waals surface area (Å²) in [5.41, 5.74) is 4.23. The van der Waals surface area contributed by atoms with E-state index >= 15 is 0 Å². The number of halogens is 2. The van der Waals surface area contributed by atoms with E-state index in [0.29, 0.717) is 10.8 Å². The Morgan fingerprint density at radius 3 is 2.43 bits per heavy atom. The van der Waals surface area contributed by atoms with Gasteiger partial charge in [-0.15, -0.1) is 10.2 Å². The predicted molar refractivity (Wildman–Crippen MR) is 118 cm³/mol. The molecule has 1 aromatic heterocycles. The molecule has 0 unspecified atom stereocenters. The lowest BCUT2D eigenvalue weighted by Gasteiger charge is -2.11. The molecule has 3 nitrogen and oxygen atoms in total. The average molecular weight is 426 g/mol. The molecule has 4 aromatic rings. The Morgan fingerprint density at radius 2 is 1.68 bits per heavy atom. The van der Waals surface area contributed by atoms with Gasteiger partial charge in [0, 0.05) is 27.0 Å². The minimum atomic E-state index is 0.693. The van der Waals surface area contributed by atoms with E-state index in [0.717, 1.165) is 32.8 Å². The Labute approximate surface area is 178 Å². The number of aromatic nitrogens is 3. The highest BCUT2D eigenvalue weighted by molar-refractivity contribution is 7.98. The fraction of sp³-hybridized carbons (Fsp3) is 0.0909. The van der Waals surface area contributed by atoms with E-state index in [9.17, 15) is 0 Å². The molecule has 0 atom stereocenters. The summed E-state index contributed by atoms with van der Waals surface area (Å²) in [7, 11) is 0. The van der Waals surface area contributed by atoms with Gasteiger partial charge in [-0.05, 0) is 60.5 Å². The first-order valence-electron chi connectivity index (χ1n) is 8.76. The first-order chi connectivity index (χ1) is 13.6. The third-order valence-corrected chi connectivity index (χ3v) is 5.91. The molecule has 0 spiro atoms. The van der Waals surface area contributed by atoms with Crippen LogP contribution in [0.3, 0.4) is 0 Å². The van der Waals surface area contributed by atoms with E-state index in [-0.39, 0.29) is 0 Å². The maximum Gasteiger partial charge on any atom is 0.196 e. The van der Waals surface area contributed by atoms with Gasteiger partial charge in [0.25, 0.3) is 0 Å². The zero-order chi connectivity index (χ0) is 19.5. The highest BCUT2D eigenvalue weighted by atomic mass is 35.5. The van der Waals surface area contributed by atoms with Gasteiger partial charge in [-0.2, -0.15) is 0 Å². The van der Waals surface area contributed by atoms with E-state index in [1.807, 2.05) is 54.6 Å². The first kappa shape index (κ1) is 19.1. The van der Waals surface area contributed by atoms with Crippen LogP contribution in [0.4, 0.5) is 0 Å². The largest absolute Gasteiger partial charge is 0.270 e. The second-order valence-electron chi connectivity index (χ2n) is 6.37. The zero-order valence-corrected chi connectivity index (χ0v) is 17.5. The van der Waals surface area contributed by atoms with Crippen molar-refractivity contribution in [2.24, 2.45) is 0 Å². The van der Waals surface area contributed by atoms with Gasteiger partial charge in [0.2, 0.25) is 0 Å². The van der Waals surface area contributed by atoms with E-state index in [2.05, 4.69) is 39.9 Å². The third-order valence-electron chi connectivity index (χ3n) is 4.31. The van der Waals surface area contributed by atoms with Gasteiger partial charge in [-0.3, -0.25) is 4.57 Å². The number of hydrogen-bond donors (Lipinski definition) is 0. The average Bonchev–Trinajstić information content (AvgIpc) is 3.12. The van der Waals surface area contributed by atoms with Crippen LogP contribution in [-0.4, -0.2) is 14.8 Å². The van der Waals surface area contributed by atoms with Gasteiger partial charge in [0.15, 0.2) is 11.0 Å². The summed E-state index contributed by atoms with van der Waals surface area (Å²) in [4.78, 5) is 0. The fourth-order valence-corrected chi connectivity index (χ4v) is 4.27. The lowest BCUT2D eigenvalue weighted by molar-refractivity contribution is 0.885. The molecule has 4 rings (SSSR count). The minimum absolute atomic E-state index is 0.693. The molecule has 0 fully saturated rings. The van der Waals surface area contributed by atoms with Crippen molar-refractivity contribution in [3.8, 4) is 17.1 Å². The van der Waals surface area contributed by atoms with Crippen molar-refractivity contribution in [1.82, 2.24) is 14.8 Å². The molecule has 0 aliphatic carbocycles. The van der Waals surface area contributed by atoms with Crippen LogP contribution in [0, 0.1) is 6.92 Å². The van der Waals surface area contributed by atoms with Crippen LogP contribution in [0.15, 0.2) is 78.0 Å². The molecule has 0 saturated heterocycles. The molecule has 3 aromatic carbocycles. The Morgan fingerprint density at radius 1 is 0.893 bits per heavy atom. The maximum absolute atomic E-state index is 6.32. The van der Waals surface area contributed by atoms with E-state index < -0.39 is 0 Å². The van der Waals surface area contributed by atoms with Crippen LogP contribution in [0.1, 0.15) is 11.1 Å². The summed E-state index contributed by atoms with van der Waals surface area (Å²) in [6.45, 7) is 2.08. The highest BCUT2D eigenvalue weighted by Gasteiger charge is 2.17. The highest BCUT2D eigenvalue weighted by Crippen LogP contribution is 2.31. The van der Waals surface area contributed by atoms with Gasteiger partial charge < -0.3 is 0 Å². The molecule has 0 aliphatic rings. The van der Waals surface area contributed by atoms with Crippen LogP contribution in [0.2, 0.25) is 10.0 Å². The summed E-state index contributed by atoms with van der Waals surface area (Å²) in [5.74, 6) is 1.49. The van der Waals surface area contributed by atoms with E-state index in [4.69, 9.17) is 23.2 Å². The molecule has 0 radical (unpaired) electrons. The third kappa shape index (κ3) is 4.09. The Bertz CT molecular complexity index is 1110. The second-order valence-corrected chi connectivity index (χ2v) is 8.15. The van der Waals surface area contributed by atoms with Crippen molar-refractivity contribution in [2.45, 2.75) is 17.8 Å². The van der Waals surface area contributed by atoms with Crippen molar-refractivity contribution < 1.29 is 0 Å². The number of thioether (sulfide) groups is 1. The number of nitrogens with zero attached hydrogens (tertiary/aromatic N) is 3. The lowest BCUT2D eigenvalue weighted by atomic mass is 10.2. The molecule has 0 saturated carbocycles. The van der Waals surface area contributed by atoms with E-state index in [1.54, 1.807) is 11.8 Å². The van der Waals surface area contributed by atoms with Gasteiger partial charge in [0.05, 0.1) is 0 Å². The number of rotatable bonds is 5. The molecule has 0 aliphatic heterocycles. The first-order valence-corrected chi connectivity index (χ1v) is 10.5. The van der Waals surface area contributed by atoms with Crippen LogP contribution in [0.5, 0.6) is 0 Å². The normalized spacial score (nSPS) is 11.0. The van der Waals surface area contributed by atoms with Gasteiger partial charge in [0.1, 0.15) is 0 Å². The summed E-state index contributed by atoms with van der Waals surface area (Å²) < 4.78 is 2.08. The number of aryl methyl sites for hydroxylation is 1. The zero-order valence-electron chi connectivity index (χ0n) is 15.1. The van der Waals surface area contributed by atoms with Crippen molar-refractivity contribution in [1.29, 1.82) is 0 Å². The molecule has 0 amide bonds. The molecule has 0 bridgehead atoms. The van der Waals surface area contributed by atoms with Crippen LogP contribution >= 0.6 is 35.0 Å². The molecule has 140 valence electrons. The van der Waals surface area contributed by atoms with Crippen LogP contribution < -0.4 is 0 Å². The number of benzene rings is 3.